The highest BCUT2D eigenvalue weighted by Crippen LogP contribution is 2.16. The van der Waals surface area contributed by atoms with E-state index in [-0.39, 0.29) is 18.3 Å². The SMILES string of the molecule is CNCCN(C)C(=O)CSCc1cccc(Cl)c1.Cl. The number of halogens is 2. The summed E-state index contributed by atoms with van der Waals surface area (Å²) in [4.78, 5) is 13.5. The molecule has 1 rings (SSSR count). The third kappa shape index (κ3) is 7.67. The fourth-order valence-corrected chi connectivity index (χ4v) is 2.52. The lowest BCUT2D eigenvalue weighted by Crippen LogP contribution is -2.33. The van der Waals surface area contributed by atoms with Gasteiger partial charge in [-0.05, 0) is 24.7 Å². The lowest BCUT2D eigenvalue weighted by Gasteiger charge is -2.16. The number of rotatable bonds is 7. The molecule has 0 unspecified atom stereocenters. The first-order valence-corrected chi connectivity index (χ1v) is 7.37. The van der Waals surface area contributed by atoms with Crippen LogP contribution in [-0.2, 0) is 10.5 Å². The van der Waals surface area contributed by atoms with Crippen molar-refractivity contribution in [3.8, 4) is 0 Å². The van der Waals surface area contributed by atoms with Gasteiger partial charge in [0.05, 0.1) is 5.75 Å². The molecule has 0 aliphatic heterocycles. The molecule has 0 saturated carbocycles. The second kappa shape index (κ2) is 10.4. The number of nitrogens with one attached hydrogen (secondary N) is 1. The van der Waals surface area contributed by atoms with Crippen LogP contribution in [0, 0.1) is 0 Å². The van der Waals surface area contributed by atoms with Gasteiger partial charge in [-0.1, -0.05) is 23.7 Å². The van der Waals surface area contributed by atoms with Gasteiger partial charge in [0.2, 0.25) is 5.91 Å². The standard InChI is InChI=1S/C13H19ClN2OS.ClH/c1-15-6-7-16(2)13(17)10-18-9-11-4-3-5-12(14)8-11;/h3-5,8,15H,6-7,9-10H2,1-2H3;1H. The Bertz CT molecular complexity index is 391. The van der Waals surface area contributed by atoms with Crippen molar-refractivity contribution in [1.29, 1.82) is 0 Å². The minimum absolute atomic E-state index is 0. The number of carbonyl (C=O) groups excluding carboxylic acids is 1. The van der Waals surface area contributed by atoms with E-state index in [1.165, 1.54) is 0 Å². The van der Waals surface area contributed by atoms with E-state index in [9.17, 15) is 4.79 Å². The van der Waals surface area contributed by atoms with Crippen LogP contribution in [0.1, 0.15) is 5.56 Å². The van der Waals surface area contributed by atoms with Gasteiger partial charge in [-0.3, -0.25) is 4.79 Å². The van der Waals surface area contributed by atoms with Crippen LogP contribution in [0.15, 0.2) is 24.3 Å². The maximum Gasteiger partial charge on any atom is 0.232 e. The third-order valence-electron chi connectivity index (χ3n) is 2.51. The molecule has 19 heavy (non-hydrogen) atoms. The van der Waals surface area contributed by atoms with Crippen molar-refractivity contribution in [3.63, 3.8) is 0 Å². The maximum absolute atomic E-state index is 11.8. The normalized spacial score (nSPS) is 9.84. The molecule has 0 saturated heterocycles. The van der Waals surface area contributed by atoms with Crippen molar-refractivity contribution >= 4 is 41.7 Å². The van der Waals surface area contributed by atoms with Crippen LogP contribution in [0.5, 0.6) is 0 Å². The first kappa shape index (κ1) is 18.6. The lowest BCUT2D eigenvalue weighted by molar-refractivity contribution is -0.127. The molecule has 1 amide bonds. The summed E-state index contributed by atoms with van der Waals surface area (Å²) in [6.07, 6.45) is 0. The van der Waals surface area contributed by atoms with E-state index in [4.69, 9.17) is 11.6 Å². The molecule has 0 aliphatic carbocycles. The molecule has 0 atom stereocenters. The van der Waals surface area contributed by atoms with Gasteiger partial charge in [-0.2, -0.15) is 0 Å². The first-order chi connectivity index (χ1) is 8.63. The molecule has 1 aromatic carbocycles. The summed E-state index contributed by atoms with van der Waals surface area (Å²) >= 11 is 7.52. The molecule has 0 aliphatic rings. The topological polar surface area (TPSA) is 32.3 Å². The Morgan fingerprint density at radius 2 is 2.21 bits per heavy atom. The molecular formula is C13H20Cl2N2OS. The lowest BCUT2D eigenvalue weighted by atomic mass is 10.2. The van der Waals surface area contributed by atoms with Gasteiger partial charge in [0.15, 0.2) is 0 Å². The van der Waals surface area contributed by atoms with E-state index in [0.29, 0.717) is 5.75 Å². The van der Waals surface area contributed by atoms with E-state index < -0.39 is 0 Å². The summed E-state index contributed by atoms with van der Waals surface area (Å²) in [5, 5.41) is 3.77. The van der Waals surface area contributed by atoms with Crippen LogP contribution in [-0.4, -0.2) is 43.7 Å². The zero-order valence-corrected chi connectivity index (χ0v) is 13.6. The van der Waals surface area contributed by atoms with Gasteiger partial charge in [0.1, 0.15) is 0 Å². The molecule has 0 radical (unpaired) electrons. The van der Waals surface area contributed by atoms with Crippen LogP contribution < -0.4 is 5.32 Å². The van der Waals surface area contributed by atoms with E-state index in [1.54, 1.807) is 16.7 Å². The third-order valence-corrected chi connectivity index (χ3v) is 3.73. The quantitative estimate of drug-likeness (QED) is 0.837. The van der Waals surface area contributed by atoms with Crippen LogP contribution in [0.2, 0.25) is 5.02 Å². The Labute approximate surface area is 130 Å². The Morgan fingerprint density at radius 1 is 1.47 bits per heavy atom. The smallest absolute Gasteiger partial charge is 0.232 e. The number of carbonyl (C=O) groups is 1. The number of thioether (sulfide) groups is 1. The van der Waals surface area contributed by atoms with Crippen molar-refractivity contribution in [2.45, 2.75) is 5.75 Å². The monoisotopic (exact) mass is 322 g/mol. The molecule has 0 heterocycles. The highest BCUT2D eigenvalue weighted by Gasteiger charge is 2.07. The molecule has 0 aromatic heterocycles. The highest BCUT2D eigenvalue weighted by molar-refractivity contribution is 7.99. The van der Waals surface area contributed by atoms with Crippen LogP contribution in [0.3, 0.4) is 0 Å². The summed E-state index contributed by atoms with van der Waals surface area (Å²) < 4.78 is 0. The van der Waals surface area contributed by atoms with Gasteiger partial charge >= 0.3 is 0 Å². The van der Waals surface area contributed by atoms with Gasteiger partial charge in [0.25, 0.3) is 0 Å². The first-order valence-electron chi connectivity index (χ1n) is 5.84. The molecule has 1 aromatic rings. The van der Waals surface area contributed by atoms with E-state index in [0.717, 1.165) is 29.4 Å². The van der Waals surface area contributed by atoms with E-state index in [2.05, 4.69) is 5.32 Å². The molecule has 108 valence electrons. The number of nitrogens with zero attached hydrogens (tertiary/aromatic N) is 1. The van der Waals surface area contributed by atoms with Crippen molar-refractivity contribution in [3.05, 3.63) is 34.9 Å². The summed E-state index contributed by atoms with van der Waals surface area (Å²) in [6.45, 7) is 1.56. The predicted molar refractivity (Wildman–Crippen MR) is 86.4 cm³/mol. The van der Waals surface area contributed by atoms with E-state index >= 15 is 0 Å². The number of hydrogen-bond acceptors (Lipinski definition) is 3. The van der Waals surface area contributed by atoms with Crippen molar-refractivity contribution in [1.82, 2.24) is 10.2 Å². The Morgan fingerprint density at radius 3 is 2.84 bits per heavy atom. The highest BCUT2D eigenvalue weighted by atomic mass is 35.5. The summed E-state index contributed by atoms with van der Waals surface area (Å²) in [5.74, 6) is 1.48. The summed E-state index contributed by atoms with van der Waals surface area (Å²) in [5.41, 5.74) is 1.15. The molecule has 3 nitrogen and oxygen atoms in total. The molecule has 0 fully saturated rings. The van der Waals surface area contributed by atoms with Crippen molar-refractivity contribution in [2.75, 3.05) is 32.9 Å². The van der Waals surface area contributed by atoms with Crippen molar-refractivity contribution < 1.29 is 4.79 Å². The van der Waals surface area contributed by atoms with Gasteiger partial charge < -0.3 is 10.2 Å². The van der Waals surface area contributed by atoms with Crippen LogP contribution >= 0.6 is 35.8 Å². The van der Waals surface area contributed by atoms with Gasteiger partial charge in [-0.25, -0.2) is 0 Å². The minimum atomic E-state index is 0. The van der Waals surface area contributed by atoms with E-state index in [1.807, 2.05) is 38.4 Å². The molecular weight excluding hydrogens is 303 g/mol. The van der Waals surface area contributed by atoms with Crippen molar-refractivity contribution in [2.24, 2.45) is 0 Å². The summed E-state index contributed by atoms with van der Waals surface area (Å²) in [6, 6.07) is 7.74. The van der Waals surface area contributed by atoms with Gasteiger partial charge in [-0.15, -0.1) is 24.2 Å². The predicted octanol–water partition coefficient (Wildman–Crippen LogP) is 2.67. The van der Waals surface area contributed by atoms with Crippen LogP contribution in [0.25, 0.3) is 0 Å². The molecule has 1 N–H and O–H groups in total. The summed E-state index contributed by atoms with van der Waals surface area (Å²) in [7, 11) is 3.71. The second-order valence-corrected chi connectivity index (χ2v) is 5.46. The average Bonchev–Trinajstić information content (AvgIpc) is 2.35. The molecule has 0 spiro atoms. The fraction of sp³-hybridized carbons (Fsp3) is 0.462. The molecule has 0 bridgehead atoms. The largest absolute Gasteiger partial charge is 0.344 e. The Balaban J connectivity index is 0.00000324. The Kier molecular flexibility index (Phi) is 10.1. The fourth-order valence-electron chi connectivity index (χ4n) is 1.40. The van der Waals surface area contributed by atoms with Gasteiger partial charge in [0, 0.05) is 30.9 Å². The minimum Gasteiger partial charge on any atom is -0.344 e. The number of benzene rings is 1. The Hall–Kier alpha value is -0.420. The second-order valence-electron chi connectivity index (χ2n) is 4.04. The van der Waals surface area contributed by atoms with Crippen LogP contribution in [0.4, 0.5) is 0 Å². The average molecular weight is 323 g/mol. The zero-order valence-electron chi connectivity index (χ0n) is 11.2. The maximum atomic E-state index is 11.8. The number of amides is 1. The number of likely N-dealkylation sites (N-methyl/N-ethyl adjacent to an activating group) is 2. The zero-order chi connectivity index (χ0) is 13.4. The number of hydrogen-bond donors (Lipinski definition) is 1. The molecule has 6 heteroatoms.